The van der Waals surface area contributed by atoms with Crippen molar-refractivity contribution >= 4 is 11.6 Å². The first-order valence-electron chi connectivity index (χ1n) is 7.06. The van der Waals surface area contributed by atoms with Crippen LogP contribution in [-0.2, 0) is 0 Å². The van der Waals surface area contributed by atoms with E-state index in [0.29, 0.717) is 22.5 Å². The second-order valence-corrected chi connectivity index (χ2v) is 5.73. The molecule has 110 valence electrons. The molecule has 1 aromatic carbocycles. The van der Waals surface area contributed by atoms with Gasteiger partial charge in [0.05, 0.1) is 0 Å². The topological polar surface area (TPSA) is 25.8 Å². The van der Waals surface area contributed by atoms with Gasteiger partial charge >= 0.3 is 0 Å². The molecular formula is C16H15ClF2N2. The smallest absolute Gasteiger partial charge is 0.233 e. The number of aromatic nitrogens is 2. The van der Waals surface area contributed by atoms with Crippen LogP contribution in [0.5, 0.6) is 0 Å². The SMILES string of the molecule is FC(F)c1cccc(-c2nc(Cl)cc(C3CCCC3)n2)c1. The quantitative estimate of drug-likeness (QED) is 0.710. The van der Waals surface area contributed by atoms with Gasteiger partial charge in [0.25, 0.3) is 6.43 Å². The maximum atomic E-state index is 12.8. The molecule has 1 aliphatic carbocycles. The average Bonchev–Trinajstić information content (AvgIpc) is 3.01. The van der Waals surface area contributed by atoms with Crippen LogP contribution in [0.1, 0.15) is 49.3 Å². The summed E-state index contributed by atoms with van der Waals surface area (Å²) in [6.45, 7) is 0. The van der Waals surface area contributed by atoms with Gasteiger partial charge in [0.2, 0.25) is 0 Å². The maximum Gasteiger partial charge on any atom is 0.263 e. The molecule has 0 spiro atoms. The third kappa shape index (κ3) is 3.21. The van der Waals surface area contributed by atoms with E-state index in [2.05, 4.69) is 9.97 Å². The molecule has 0 atom stereocenters. The van der Waals surface area contributed by atoms with E-state index in [1.807, 2.05) is 0 Å². The fourth-order valence-electron chi connectivity index (χ4n) is 2.81. The molecule has 0 aliphatic heterocycles. The van der Waals surface area contributed by atoms with Gasteiger partial charge in [-0.1, -0.05) is 42.6 Å². The van der Waals surface area contributed by atoms with Crippen molar-refractivity contribution in [1.29, 1.82) is 0 Å². The summed E-state index contributed by atoms with van der Waals surface area (Å²) in [5, 5.41) is 0.365. The Morgan fingerprint density at radius 2 is 1.86 bits per heavy atom. The Hall–Kier alpha value is -1.55. The van der Waals surface area contributed by atoms with Crippen molar-refractivity contribution in [2.24, 2.45) is 0 Å². The molecular weight excluding hydrogens is 294 g/mol. The molecule has 0 unspecified atom stereocenters. The number of hydrogen-bond acceptors (Lipinski definition) is 2. The standard InChI is InChI=1S/C16H15ClF2N2/c17-14-9-13(10-4-1-2-5-10)20-16(21-14)12-7-3-6-11(8-12)15(18)19/h3,6-10,15H,1-2,4-5H2. The zero-order valence-electron chi connectivity index (χ0n) is 11.4. The second-order valence-electron chi connectivity index (χ2n) is 5.35. The first-order chi connectivity index (χ1) is 10.1. The van der Waals surface area contributed by atoms with Crippen LogP contribution in [0, 0.1) is 0 Å². The number of benzene rings is 1. The lowest BCUT2D eigenvalue weighted by molar-refractivity contribution is 0.151. The van der Waals surface area contributed by atoms with E-state index < -0.39 is 6.43 Å². The fourth-order valence-corrected chi connectivity index (χ4v) is 3.00. The Morgan fingerprint density at radius 3 is 2.57 bits per heavy atom. The van der Waals surface area contributed by atoms with Crippen molar-refractivity contribution in [2.75, 3.05) is 0 Å². The third-order valence-electron chi connectivity index (χ3n) is 3.88. The second kappa shape index (κ2) is 6.06. The van der Waals surface area contributed by atoms with Crippen LogP contribution in [0.4, 0.5) is 8.78 Å². The molecule has 2 nitrogen and oxygen atoms in total. The Morgan fingerprint density at radius 1 is 1.10 bits per heavy atom. The molecule has 2 aromatic rings. The van der Waals surface area contributed by atoms with Gasteiger partial charge in [-0.15, -0.1) is 0 Å². The first-order valence-corrected chi connectivity index (χ1v) is 7.44. The molecule has 0 saturated heterocycles. The zero-order valence-corrected chi connectivity index (χ0v) is 12.2. The lowest BCUT2D eigenvalue weighted by Gasteiger charge is -2.11. The summed E-state index contributed by atoms with van der Waals surface area (Å²) >= 11 is 6.08. The van der Waals surface area contributed by atoms with Crippen molar-refractivity contribution in [3.05, 3.63) is 46.7 Å². The maximum absolute atomic E-state index is 12.8. The largest absolute Gasteiger partial charge is 0.263 e. The number of halogens is 3. The van der Waals surface area contributed by atoms with Crippen LogP contribution in [-0.4, -0.2) is 9.97 Å². The summed E-state index contributed by atoms with van der Waals surface area (Å²) < 4.78 is 25.6. The predicted molar refractivity (Wildman–Crippen MR) is 78.6 cm³/mol. The Labute approximate surface area is 127 Å². The summed E-state index contributed by atoms with van der Waals surface area (Å²) in [7, 11) is 0. The van der Waals surface area contributed by atoms with Crippen LogP contribution in [0.3, 0.4) is 0 Å². The van der Waals surface area contributed by atoms with Crippen LogP contribution < -0.4 is 0 Å². The predicted octanol–water partition coefficient (Wildman–Crippen LogP) is 5.39. The molecule has 1 aromatic heterocycles. The molecule has 21 heavy (non-hydrogen) atoms. The van der Waals surface area contributed by atoms with Gasteiger partial charge in [-0.25, -0.2) is 18.7 Å². The number of nitrogens with zero attached hydrogens (tertiary/aromatic N) is 2. The average molecular weight is 309 g/mol. The van der Waals surface area contributed by atoms with Gasteiger partial charge in [0, 0.05) is 22.7 Å². The van der Waals surface area contributed by atoms with Crippen LogP contribution in [0.25, 0.3) is 11.4 Å². The molecule has 0 bridgehead atoms. The van der Waals surface area contributed by atoms with Crippen LogP contribution in [0.15, 0.2) is 30.3 Å². The van der Waals surface area contributed by atoms with Gasteiger partial charge in [-0.3, -0.25) is 0 Å². The summed E-state index contributed by atoms with van der Waals surface area (Å²) in [6.07, 6.45) is 2.09. The van der Waals surface area contributed by atoms with Gasteiger partial charge in [0.1, 0.15) is 5.15 Å². The summed E-state index contributed by atoms with van der Waals surface area (Å²) in [5.41, 5.74) is 1.47. The lowest BCUT2D eigenvalue weighted by atomic mass is 10.0. The summed E-state index contributed by atoms with van der Waals surface area (Å²) in [4.78, 5) is 8.73. The minimum absolute atomic E-state index is 0.0292. The molecule has 5 heteroatoms. The highest BCUT2D eigenvalue weighted by atomic mass is 35.5. The van der Waals surface area contributed by atoms with E-state index in [-0.39, 0.29) is 5.56 Å². The van der Waals surface area contributed by atoms with Gasteiger partial charge in [-0.05, 0) is 25.0 Å². The Balaban J connectivity index is 1.99. The summed E-state index contributed by atoms with van der Waals surface area (Å²) in [6, 6.07) is 7.94. The molecule has 3 rings (SSSR count). The van der Waals surface area contributed by atoms with Crippen molar-refractivity contribution in [3.63, 3.8) is 0 Å². The first kappa shape index (κ1) is 14.4. The molecule has 1 fully saturated rings. The van der Waals surface area contributed by atoms with E-state index in [1.165, 1.54) is 25.0 Å². The lowest BCUT2D eigenvalue weighted by Crippen LogP contribution is -2.00. The fraction of sp³-hybridized carbons (Fsp3) is 0.375. The zero-order chi connectivity index (χ0) is 14.8. The monoisotopic (exact) mass is 308 g/mol. The van der Waals surface area contributed by atoms with E-state index in [0.717, 1.165) is 18.5 Å². The number of rotatable bonds is 3. The van der Waals surface area contributed by atoms with E-state index in [1.54, 1.807) is 18.2 Å². The molecule has 1 aliphatic rings. The van der Waals surface area contributed by atoms with Crippen molar-refractivity contribution in [2.45, 2.75) is 38.0 Å². The highest BCUT2D eigenvalue weighted by Gasteiger charge is 2.20. The van der Waals surface area contributed by atoms with Gasteiger partial charge < -0.3 is 0 Å². The molecule has 0 amide bonds. The Bertz CT molecular complexity index is 640. The molecule has 1 saturated carbocycles. The Kier molecular flexibility index (Phi) is 4.15. The summed E-state index contributed by atoms with van der Waals surface area (Å²) in [5.74, 6) is 0.828. The van der Waals surface area contributed by atoms with Crippen molar-refractivity contribution in [1.82, 2.24) is 9.97 Å². The molecule has 0 N–H and O–H groups in total. The minimum atomic E-state index is -2.50. The highest BCUT2D eigenvalue weighted by Crippen LogP contribution is 2.34. The third-order valence-corrected chi connectivity index (χ3v) is 4.08. The number of hydrogen-bond donors (Lipinski definition) is 0. The van der Waals surface area contributed by atoms with Crippen molar-refractivity contribution in [3.8, 4) is 11.4 Å². The van der Waals surface area contributed by atoms with E-state index in [4.69, 9.17) is 11.6 Å². The van der Waals surface area contributed by atoms with E-state index >= 15 is 0 Å². The van der Waals surface area contributed by atoms with Gasteiger partial charge in [-0.2, -0.15) is 0 Å². The van der Waals surface area contributed by atoms with Gasteiger partial charge in [0.15, 0.2) is 5.82 Å². The van der Waals surface area contributed by atoms with E-state index in [9.17, 15) is 8.78 Å². The minimum Gasteiger partial charge on any atom is -0.233 e. The van der Waals surface area contributed by atoms with Crippen LogP contribution in [0.2, 0.25) is 5.15 Å². The normalized spacial score (nSPS) is 15.8. The molecule has 0 radical (unpaired) electrons. The van der Waals surface area contributed by atoms with Crippen molar-refractivity contribution < 1.29 is 8.78 Å². The highest BCUT2D eigenvalue weighted by molar-refractivity contribution is 6.29. The molecule has 1 heterocycles. The number of alkyl halides is 2. The van der Waals surface area contributed by atoms with Crippen LogP contribution >= 0.6 is 11.6 Å².